The van der Waals surface area contributed by atoms with Crippen LogP contribution in [0, 0.1) is 6.92 Å². The molecule has 0 unspecified atom stereocenters. The molecule has 1 aliphatic heterocycles. The number of carbonyl (C=O) groups excluding carboxylic acids is 1. The van der Waals surface area contributed by atoms with E-state index in [1.54, 1.807) is 30.7 Å². The summed E-state index contributed by atoms with van der Waals surface area (Å²) in [5.74, 6) is -0.335. The molecule has 1 aliphatic rings. The molecule has 1 fully saturated rings. The van der Waals surface area contributed by atoms with Crippen LogP contribution in [0.5, 0.6) is 0 Å². The van der Waals surface area contributed by atoms with Gasteiger partial charge in [0.25, 0.3) is 5.91 Å². The number of carbonyl (C=O) groups is 1. The molecule has 0 saturated carbocycles. The third-order valence-corrected chi connectivity index (χ3v) is 4.59. The zero-order valence-corrected chi connectivity index (χ0v) is 14.4. The topological polar surface area (TPSA) is 123 Å². The minimum atomic E-state index is -0.378. The first-order valence-corrected chi connectivity index (χ1v) is 8.44. The van der Waals surface area contributed by atoms with E-state index in [0.717, 1.165) is 30.8 Å². The van der Waals surface area contributed by atoms with Gasteiger partial charge in [-0.2, -0.15) is 0 Å². The summed E-state index contributed by atoms with van der Waals surface area (Å²) in [5.41, 5.74) is 15.6. The highest BCUT2D eigenvalue weighted by molar-refractivity contribution is 6.15. The van der Waals surface area contributed by atoms with Gasteiger partial charge in [0.1, 0.15) is 11.1 Å². The lowest BCUT2D eigenvalue weighted by atomic mass is 10.2. The zero-order valence-electron chi connectivity index (χ0n) is 14.4. The number of nitrogen functional groups attached to an aromatic ring is 1. The van der Waals surface area contributed by atoms with Gasteiger partial charge in [0.15, 0.2) is 5.58 Å². The van der Waals surface area contributed by atoms with Crippen LogP contribution in [0.15, 0.2) is 35.1 Å². The number of hydrogen-bond acceptors (Lipinski definition) is 7. The molecule has 134 valence electrons. The fourth-order valence-corrected chi connectivity index (χ4v) is 3.41. The van der Waals surface area contributed by atoms with E-state index in [4.69, 9.17) is 15.9 Å². The Morgan fingerprint density at radius 2 is 2.27 bits per heavy atom. The van der Waals surface area contributed by atoms with Crippen molar-refractivity contribution in [1.82, 2.24) is 9.97 Å². The van der Waals surface area contributed by atoms with E-state index in [1.165, 1.54) is 0 Å². The number of hydrogen-bond donors (Lipinski definition) is 3. The molecule has 1 amide bonds. The van der Waals surface area contributed by atoms with Crippen LogP contribution in [-0.4, -0.2) is 35.0 Å². The predicted octanol–water partition coefficient (Wildman–Crippen LogP) is 1.90. The number of rotatable bonds is 3. The molecule has 0 spiro atoms. The lowest BCUT2D eigenvalue weighted by molar-refractivity contribution is 0.102. The first-order chi connectivity index (χ1) is 12.5. The number of nitrogens with two attached hydrogens (primary N) is 2. The molecule has 3 aromatic rings. The number of amides is 1. The molecule has 5 N–H and O–H groups in total. The van der Waals surface area contributed by atoms with Crippen molar-refractivity contribution in [3.05, 3.63) is 41.9 Å². The number of pyridine rings is 2. The van der Waals surface area contributed by atoms with E-state index >= 15 is 0 Å². The van der Waals surface area contributed by atoms with Crippen LogP contribution >= 0.6 is 0 Å². The van der Waals surface area contributed by atoms with Gasteiger partial charge in [-0.25, -0.2) is 0 Å². The Balaban J connectivity index is 1.70. The number of nitrogens with zero attached hydrogens (tertiary/aromatic N) is 3. The number of anilines is 3. The highest BCUT2D eigenvalue weighted by Gasteiger charge is 2.26. The molecule has 0 aliphatic carbocycles. The molecular formula is C18H20N6O2. The van der Waals surface area contributed by atoms with Crippen LogP contribution in [0.1, 0.15) is 22.3 Å². The normalized spacial score (nSPS) is 17.0. The maximum atomic E-state index is 12.9. The summed E-state index contributed by atoms with van der Waals surface area (Å²) in [7, 11) is 0. The Morgan fingerprint density at radius 3 is 3.04 bits per heavy atom. The van der Waals surface area contributed by atoms with Gasteiger partial charge in [0.05, 0.1) is 17.6 Å². The van der Waals surface area contributed by atoms with Gasteiger partial charge in [0, 0.05) is 31.5 Å². The van der Waals surface area contributed by atoms with Crippen molar-refractivity contribution in [2.45, 2.75) is 19.4 Å². The van der Waals surface area contributed by atoms with Crippen LogP contribution in [0.4, 0.5) is 17.3 Å². The average molecular weight is 352 g/mol. The molecule has 8 nitrogen and oxygen atoms in total. The van der Waals surface area contributed by atoms with Gasteiger partial charge in [-0.3, -0.25) is 14.8 Å². The van der Waals surface area contributed by atoms with Gasteiger partial charge < -0.3 is 26.1 Å². The summed E-state index contributed by atoms with van der Waals surface area (Å²) >= 11 is 0. The number of aryl methyl sites for hydroxylation is 1. The summed E-state index contributed by atoms with van der Waals surface area (Å²) in [6, 6.07) is 3.58. The molecule has 4 heterocycles. The Morgan fingerprint density at radius 1 is 1.42 bits per heavy atom. The molecular weight excluding hydrogens is 332 g/mol. The Labute approximate surface area is 150 Å². The molecule has 1 atom stereocenters. The Bertz CT molecular complexity index is 983. The van der Waals surface area contributed by atoms with Crippen LogP contribution in [0.2, 0.25) is 0 Å². The zero-order chi connectivity index (χ0) is 18.3. The monoisotopic (exact) mass is 352 g/mol. The van der Waals surface area contributed by atoms with Crippen molar-refractivity contribution in [3.8, 4) is 0 Å². The Kier molecular flexibility index (Phi) is 3.96. The second kappa shape index (κ2) is 6.30. The third kappa shape index (κ3) is 2.74. The van der Waals surface area contributed by atoms with E-state index < -0.39 is 0 Å². The molecule has 4 rings (SSSR count). The van der Waals surface area contributed by atoms with Gasteiger partial charge >= 0.3 is 0 Å². The van der Waals surface area contributed by atoms with Crippen molar-refractivity contribution in [2.75, 3.05) is 29.0 Å². The third-order valence-electron chi connectivity index (χ3n) is 4.59. The SMILES string of the molecule is Cc1cncc(NC(=O)c2c(N)oc3cccnc23)c1N1CC[C@@H](N)C1. The molecule has 0 radical (unpaired) electrons. The van der Waals surface area contributed by atoms with E-state index in [9.17, 15) is 4.79 Å². The quantitative estimate of drug-likeness (QED) is 0.658. The van der Waals surface area contributed by atoms with Crippen LogP contribution < -0.4 is 21.7 Å². The van der Waals surface area contributed by atoms with Crippen molar-refractivity contribution in [1.29, 1.82) is 0 Å². The van der Waals surface area contributed by atoms with E-state index in [-0.39, 0.29) is 23.4 Å². The summed E-state index contributed by atoms with van der Waals surface area (Å²) in [4.78, 5) is 23.5. The number of aromatic nitrogens is 2. The van der Waals surface area contributed by atoms with Crippen molar-refractivity contribution >= 4 is 34.3 Å². The highest BCUT2D eigenvalue weighted by Crippen LogP contribution is 2.33. The first kappa shape index (κ1) is 16.3. The van der Waals surface area contributed by atoms with Crippen molar-refractivity contribution in [2.24, 2.45) is 5.73 Å². The van der Waals surface area contributed by atoms with E-state index in [2.05, 4.69) is 20.2 Å². The Hall–Kier alpha value is -3.13. The highest BCUT2D eigenvalue weighted by atomic mass is 16.3. The minimum absolute atomic E-state index is 0.0431. The van der Waals surface area contributed by atoms with Gasteiger partial charge in [0.2, 0.25) is 5.88 Å². The smallest absolute Gasteiger partial charge is 0.263 e. The van der Waals surface area contributed by atoms with Gasteiger partial charge in [-0.1, -0.05) is 0 Å². The number of fused-ring (bicyclic) bond motifs is 1. The molecule has 8 heteroatoms. The largest absolute Gasteiger partial charge is 0.438 e. The molecule has 0 aromatic carbocycles. The predicted molar refractivity (Wildman–Crippen MR) is 100 cm³/mol. The van der Waals surface area contributed by atoms with Crippen LogP contribution in [-0.2, 0) is 0 Å². The maximum Gasteiger partial charge on any atom is 0.263 e. The first-order valence-electron chi connectivity index (χ1n) is 8.44. The summed E-state index contributed by atoms with van der Waals surface area (Å²) in [6.07, 6.45) is 5.92. The molecule has 26 heavy (non-hydrogen) atoms. The summed E-state index contributed by atoms with van der Waals surface area (Å²) < 4.78 is 5.44. The van der Waals surface area contributed by atoms with Crippen molar-refractivity contribution < 1.29 is 9.21 Å². The van der Waals surface area contributed by atoms with E-state index in [0.29, 0.717) is 16.8 Å². The molecule has 1 saturated heterocycles. The van der Waals surface area contributed by atoms with Gasteiger partial charge in [-0.15, -0.1) is 0 Å². The number of nitrogens with one attached hydrogen (secondary N) is 1. The van der Waals surface area contributed by atoms with Gasteiger partial charge in [-0.05, 0) is 31.0 Å². The van der Waals surface area contributed by atoms with Crippen LogP contribution in [0.25, 0.3) is 11.1 Å². The molecule has 0 bridgehead atoms. The second-order valence-corrected chi connectivity index (χ2v) is 6.49. The van der Waals surface area contributed by atoms with E-state index in [1.807, 2.05) is 6.92 Å². The summed E-state index contributed by atoms with van der Waals surface area (Å²) in [6.45, 7) is 3.55. The van der Waals surface area contributed by atoms with Crippen molar-refractivity contribution in [3.63, 3.8) is 0 Å². The maximum absolute atomic E-state index is 12.9. The minimum Gasteiger partial charge on any atom is -0.438 e. The fourth-order valence-electron chi connectivity index (χ4n) is 3.41. The lowest BCUT2D eigenvalue weighted by Crippen LogP contribution is -2.28. The van der Waals surface area contributed by atoms with Crippen LogP contribution in [0.3, 0.4) is 0 Å². The molecule has 3 aromatic heterocycles. The lowest BCUT2D eigenvalue weighted by Gasteiger charge is -2.23. The summed E-state index contributed by atoms with van der Waals surface area (Å²) in [5, 5.41) is 2.91. The standard InChI is InChI=1S/C18H20N6O2/c1-10-7-21-8-12(16(10)24-6-4-11(19)9-24)23-18(25)14-15-13(26-17(14)20)3-2-5-22-15/h2-3,5,7-8,11H,4,6,9,19-20H2,1H3,(H,23,25)/t11-/m1/s1. The average Bonchev–Trinajstić information content (AvgIpc) is 3.17. The fraction of sp³-hybridized carbons (Fsp3) is 0.278. The second-order valence-electron chi connectivity index (χ2n) is 6.49. The number of furan rings is 1.